The molecule has 0 aromatic heterocycles. The molecule has 1 aromatic rings. The smallest absolute Gasteiger partial charge is 0.170 e. The average molecular weight is 255 g/mol. The molecule has 6 heteroatoms. The molecular weight excluding hydrogens is 237 g/mol. The maximum atomic E-state index is 13.1. The lowest BCUT2D eigenvalue weighted by molar-refractivity contribution is 0.117. The number of benzene rings is 1. The topological polar surface area (TPSA) is 79.9 Å². The van der Waals surface area contributed by atoms with Crippen LogP contribution in [0.15, 0.2) is 23.4 Å². The first-order valence-corrected chi connectivity index (χ1v) is 5.58. The Balaban J connectivity index is 2.76. The number of methoxy groups -OCH3 is 1. The molecule has 1 unspecified atom stereocenters. The Bertz CT molecular complexity index is 424. The van der Waals surface area contributed by atoms with Crippen LogP contribution in [0.5, 0.6) is 0 Å². The van der Waals surface area contributed by atoms with Gasteiger partial charge in [0.2, 0.25) is 0 Å². The Morgan fingerprint density at radius 2 is 2.33 bits per heavy atom. The van der Waals surface area contributed by atoms with Crippen molar-refractivity contribution in [2.24, 2.45) is 10.9 Å². The Labute approximate surface area is 105 Å². The second-order valence-electron chi connectivity index (χ2n) is 3.96. The van der Waals surface area contributed by atoms with Crippen molar-refractivity contribution in [3.05, 3.63) is 35.1 Å². The van der Waals surface area contributed by atoms with Crippen molar-refractivity contribution in [3.8, 4) is 0 Å². The fourth-order valence-electron chi connectivity index (χ4n) is 1.49. The van der Waals surface area contributed by atoms with Gasteiger partial charge in [0, 0.05) is 25.8 Å². The summed E-state index contributed by atoms with van der Waals surface area (Å²) in [4.78, 5) is 0. The van der Waals surface area contributed by atoms with Crippen LogP contribution in [-0.4, -0.2) is 30.8 Å². The quantitative estimate of drug-likeness (QED) is 0.307. The van der Waals surface area contributed by atoms with Gasteiger partial charge in [-0.2, -0.15) is 0 Å². The molecule has 0 radical (unpaired) electrons. The summed E-state index contributed by atoms with van der Waals surface area (Å²) in [5.41, 5.74) is 6.65. The molecule has 5 nitrogen and oxygen atoms in total. The third-order valence-corrected chi connectivity index (χ3v) is 2.61. The van der Waals surface area contributed by atoms with Crippen molar-refractivity contribution in [2.75, 3.05) is 13.7 Å². The lowest BCUT2D eigenvalue weighted by Crippen LogP contribution is -2.27. The Morgan fingerprint density at radius 1 is 1.61 bits per heavy atom. The van der Waals surface area contributed by atoms with Crippen LogP contribution in [0, 0.1) is 5.82 Å². The number of nitrogens with one attached hydrogen (secondary N) is 1. The van der Waals surface area contributed by atoms with Gasteiger partial charge in [0.15, 0.2) is 5.84 Å². The van der Waals surface area contributed by atoms with E-state index in [0.717, 1.165) is 5.56 Å². The van der Waals surface area contributed by atoms with E-state index >= 15 is 0 Å². The molecule has 0 bridgehead atoms. The minimum Gasteiger partial charge on any atom is -0.409 e. The number of nitrogens with two attached hydrogens (primary N) is 1. The normalized spacial score (nSPS) is 13.6. The van der Waals surface area contributed by atoms with Crippen LogP contribution >= 0.6 is 0 Å². The van der Waals surface area contributed by atoms with Crippen LogP contribution in [0.2, 0.25) is 0 Å². The van der Waals surface area contributed by atoms with Gasteiger partial charge in [0.1, 0.15) is 5.82 Å². The number of hydrogen-bond donors (Lipinski definition) is 3. The highest BCUT2D eigenvalue weighted by molar-refractivity contribution is 5.98. The van der Waals surface area contributed by atoms with Crippen LogP contribution in [0.25, 0.3) is 0 Å². The molecule has 1 atom stereocenters. The molecule has 0 amide bonds. The van der Waals surface area contributed by atoms with Gasteiger partial charge < -0.3 is 21.0 Å². The van der Waals surface area contributed by atoms with E-state index in [4.69, 9.17) is 15.7 Å². The van der Waals surface area contributed by atoms with E-state index in [2.05, 4.69) is 10.5 Å². The summed E-state index contributed by atoms with van der Waals surface area (Å²) in [7, 11) is 1.63. The van der Waals surface area contributed by atoms with Crippen molar-refractivity contribution >= 4 is 5.84 Å². The molecule has 100 valence electrons. The summed E-state index contributed by atoms with van der Waals surface area (Å²) >= 11 is 0. The van der Waals surface area contributed by atoms with Crippen molar-refractivity contribution in [1.29, 1.82) is 0 Å². The Kier molecular flexibility index (Phi) is 5.54. The van der Waals surface area contributed by atoms with Gasteiger partial charge in [0.05, 0.1) is 6.10 Å². The SMILES string of the molecule is COC(C)CNCc1ccc(F)cc1/C(N)=N/O. The van der Waals surface area contributed by atoms with Crippen LogP contribution in [-0.2, 0) is 11.3 Å². The predicted octanol–water partition coefficient (Wildman–Crippen LogP) is 1.04. The van der Waals surface area contributed by atoms with Crippen molar-refractivity contribution in [1.82, 2.24) is 5.32 Å². The highest BCUT2D eigenvalue weighted by Crippen LogP contribution is 2.11. The van der Waals surface area contributed by atoms with E-state index in [1.165, 1.54) is 12.1 Å². The highest BCUT2D eigenvalue weighted by atomic mass is 19.1. The number of oxime groups is 1. The average Bonchev–Trinajstić information content (AvgIpc) is 2.39. The summed E-state index contributed by atoms with van der Waals surface area (Å²) < 4.78 is 18.2. The maximum absolute atomic E-state index is 13.1. The van der Waals surface area contributed by atoms with Crippen molar-refractivity contribution < 1.29 is 14.3 Å². The number of rotatable bonds is 6. The molecule has 4 N–H and O–H groups in total. The molecule has 0 saturated carbocycles. The molecule has 0 spiro atoms. The van der Waals surface area contributed by atoms with Crippen LogP contribution in [0.3, 0.4) is 0 Å². The van der Waals surface area contributed by atoms with Gasteiger partial charge in [-0.3, -0.25) is 0 Å². The summed E-state index contributed by atoms with van der Waals surface area (Å²) in [6.07, 6.45) is 0.0813. The maximum Gasteiger partial charge on any atom is 0.170 e. The van der Waals surface area contributed by atoms with Gasteiger partial charge in [0.25, 0.3) is 0 Å². The summed E-state index contributed by atoms with van der Waals surface area (Å²) in [6, 6.07) is 4.18. The first-order valence-electron chi connectivity index (χ1n) is 5.58. The minimum absolute atomic E-state index is 0.0813. The van der Waals surface area contributed by atoms with E-state index in [9.17, 15) is 4.39 Å². The van der Waals surface area contributed by atoms with Crippen molar-refractivity contribution in [2.45, 2.75) is 19.6 Å². The highest BCUT2D eigenvalue weighted by Gasteiger charge is 2.09. The third-order valence-electron chi connectivity index (χ3n) is 2.61. The first kappa shape index (κ1) is 14.4. The fraction of sp³-hybridized carbons (Fsp3) is 0.417. The molecule has 1 rings (SSSR count). The lowest BCUT2D eigenvalue weighted by Gasteiger charge is -2.13. The minimum atomic E-state index is -0.425. The molecule has 0 aliphatic heterocycles. The monoisotopic (exact) mass is 255 g/mol. The zero-order valence-corrected chi connectivity index (χ0v) is 10.5. The first-order chi connectivity index (χ1) is 8.58. The molecule has 18 heavy (non-hydrogen) atoms. The fourth-order valence-corrected chi connectivity index (χ4v) is 1.49. The van der Waals surface area contributed by atoms with Gasteiger partial charge in [-0.1, -0.05) is 11.2 Å². The lowest BCUT2D eigenvalue weighted by atomic mass is 10.1. The second-order valence-corrected chi connectivity index (χ2v) is 3.96. The predicted molar refractivity (Wildman–Crippen MR) is 67.1 cm³/mol. The van der Waals surface area contributed by atoms with Crippen molar-refractivity contribution in [3.63, 3.8) is 0 Å². The number of amidine groups is 1. The zero-order valence-electron chi connectivity index (χ0n) is 10.5. The zero-order chi connectivity index (χ0) is 13.5. The number of ether oxygens (including phenoxy) is 1. The third kappa shape index (κ3) is 3.97. The molecule has 0 aliphatic rings. The van der Waals surface area contributed by atoms with Crippen LogP contribution in [0.1, 0.15) is 18.1 Å². The van der Waals surface area contributed by atoms with Gasteiger partial charge in [-0.05, 0) is 24.6 Å². The molecule has 0 saturated heterocycles. The number of nitrogens with zero attached hydrogens (tertiary/aromatic N) is 1. The molecule has 0 aliphatic carbocycles. The molecule has 0 heterocycles. The van der Waals surface area contributed by atoms with E-state index in [-0.39, 0.29) is 11.9 Å². The molecule has 0 fully saturated rings. The summed E-state index contributed by atoms with van der Waals surface area (Å²) in [5, 5.41) is 14.7. The summed E-state index contributed by atoms with van der Waals surface area (Å²) in [6.45, 7) is 3.07. The van der Waals surface area contributed by atoms with E-state index in [1.54, 1.807) is 13.2 Å². The van der Waals surface area contributed by atoms with E-state index < -0.39 is 5.82 Å². The number of hydrogen-bond acceptors (Lipinski definition) is 4. The van der Waals surface area contributed by atoms with Gasteiger partial charge in [-0.15, -0.1) is 0 Å². The largest absolute Gasteiger partial charge is 0.409 e. The Morgan fingerprint density at radius 3 is 2.94 bits per heavy atom. The standard InChI is InChI=1S/C12H18FN3O2/c1-8(18-2)6-15-7-9-3-4-10(13)5-11(9)12(14)16-17/h3-5,8,15,17H,6-7H2,1-2H3,(H2,14,16). The second kappa shape index (κ2) is 6.93. The molecular formula is C12H18FN3O2. The number of halogens is 1. The molecule has 1 aromatic carbocycles. The van der Waals surface area contributed by atoms with Crippen LogP contribution < -0.4 is 11.1 Å². The van der Waals surface area contributed by atoms with E-state index in [0.29, 0.717) is 18.7 Å². The van der Waals surface area contributed by atoms with E-state index in [1.807, 2.05) is 6.92 Å². The summed E-state index contributed by atoms with van der Waals surface area (Å²) in [5.74, 6) is -0.531. The Hall–Kier alpha value is -1.66. The van der Waals surface area contributed by atoms with Gasteiger partial charge in [-0.25, -0.2) is 4.39 Å². The van der Waals surface area contributed by atoms with Crippen LogP contribution in [0.4, 0.5) is 4.39 Å². The van der Waals surface area contributed by atoms with Gasteiger partial charge >= 0.3 is 0 Å².